The molecule has 7 heteroatoms. The van der Waals surface area contributed by atoms with Gasteiger partial charge in [0.05, 0.1) is 18.5 Å². The van der Waals surface area contributed by atoms with Gasteiger partial charge in [-0.05, 0) is 19.1 Å². The van der Waals surface area contributed by atoms with E-state index in [1.807, 2.05) is 6.92 Å². The van der Waals surface area contributed by atoms with Gasteiger partial charge in [-0.2, -0.15) is 5.10 Å². The molecular formula is C11H13N3O3S. The van der Waals surface area contributed by atoms with Crippen molar-refractivity contribution < 1.29 is 13.2 Å². The predicted octanol–water partition coefficient (Wildman–Crippen LogP) is 1.61. The van der Waals surface area contributed by atoms with Crippen LogP contribution in [0.5, 0.6) is 5.75 Å². The number of aromatic nitrogens is 2. The third-order valence-electron chi connectivity index (χ3n) is 2.18. The maximum atomic E-state index is 11.9. The molecule has 0 atom stereocenters. The van der Waals surface area contributed by atoms with E-state index >= 15 is 0 Å². The summed E-state index contributed by atoms with van der Waals surface area (Å²) in [4.78, 5) is 0.0873. The van der Waals surface area contributed by atoms with Crippen LogP contribution in [-0.2, 0) is 10.0 Å². The fourth-order valence-electron chi connectivity index (χ4n) is 1.42. The molecule has 0 saturated heterocycles. The van der Waals surface area contributed by atoms with E-state index in [1.54, 1.807) is 24.3 Å². The van der Waals surface area contributed by atoms with Crippen LogP contribution in [0.1, 0.15) is 6.92 Å². The van der Waals surface area contributed by atoms with Crippen LogP contribution < -0.4 is 9.46 Å². The van der Waals surface area contributed by atoms with Crippen LogP contribution in [0.2, 0.25) is 0 Å². The highest BCUT2D eigenvalue weighted by atomic mass is 32.2. The van der Waals surface area contributed by atoms with Crippen molar-refractivity contribution >= 4 is 15.7 Å². The molecule has 18 heavy (non-hydrogen) atoms. The lowest BCUT2D eigenvalue weighted by atomic mass is 10.3. The lowest BCUT2D eigenvalue weighted by Crippen LogP contribution is -2.12. The molecule has 96 valence electrons. The molecule has 0 radical (unpaired) electrons. The number of benzene rings is 1. The number of nitrogens with one attached hydrogen (secondary N) is 2. The number of aromatic amines is 1. The van der Waals surface area contributed by atoms with Gasteiger partial charge in [0.25, 0.3) is 10.0 Å². The van der Waals surface area contributed by atoms with Crippen molar-refractivity contribution in [2.75, 3.05) is 11.3 Å². The van der Waals surface area contributed by atoms with Gasteiger partial charge in [-0.25, -0.2) is 8.42 Å². The largest absolute Gasteiger partial charge is 0.494 e. The molecule has 1 aromatic heterocycles. The molecule has 2 rings (SSSR count). The number of nitrogens with zero attached hydrogens (tertiary/aromatic N) is 1. The molecule has 0 spiro atoms. The third kappa shape index (κ3) is 2.80. The van der Waals surface area contributed by atoms with Crippen molar-refractivity contribution in [2.45, 2.75) is 11.8 Å². The smallest absolute Gasteiger partial charge is 0.265 e. The topological polar surface area (TPSA) is 84.1 Å². The van der Waals surface area contributed by atoms with Crippen molar-refractivity contribution in [3.05, 3.63) is 36.7 Å². The van der Waals surface area contributed by atoms with Crippen molar-refractivity contribution in [2.24, 2.45) is 0 Å². The molecule has 6 nitrogen and oxygen atoms in total. The quantitative estimate of drug-likeness (QED) is 0.862. The number of hydrogen-bond acceptors (Lipinski definition) is 4. The van der Waals surface area contributed by atoms with E-state index < -0.39 is 10.0 Å². The van der Waals surface area contributed by atoms with Gasteiger partial charge in [0.15, 0.2) is 0 Å². The zero-order valence-electron chi connectivity index (χ0n) is 9.75. The molecule has 0 aliphatic heterocycles. The van der Waals surface area contributed by atoms with E-state index in [9.17, 15) is 8.42 Å². The van der Waals surface area contributed by atoms with E-state index in [0.29, 0.717) is 18.0 Å². The summed E-state index contributed by atoms with van der Waals surface area (Å²) < 4.78 is 31.6. The highest BCUT2D eigenvalue weighted by molar-refractivity contribution is 7.92. The van der Waals surface area contributed by atoms with E-state index in [0.717, 1.165) is 0 Å². The van der Waals surface area contributed by atoms with Crippen LogP contribution in [0.4, 0.5) is 5.69 Å². The second kappa shape index (κ2) is 5.09. The van der Waals surface area contributed by atoms with Crippen molar-refractivity contribution in [3.63, 3.8) is 0 Å². The van der Waals surface area contributed by atoms with Crippen LogP contribution >= 0.6 is 0 Å². The Kier molecular flexibility index (Phi) is 3.52. The Morgan fingerprint density at radius 2 is 2.28 bits per heavy atom. The van der Waals surface area contributed by atoms with E-state index in [-0.39, 0.29) is 4.90 Å². The molecule has 2 aromatic rings. The molecule has 0 amide bonds. The average Bonchev–Trinajstić information content (AvgIpc) is 2.83. The predicted molar refractivity (Wildman–Crippen MR) is 67.0 cm³/mol. The number of hydrogen-bond donors (Lipinski definition) is 2. The normalized spacial score (nSPS) is 11.2. The summed E-state index contributed by atoms with van der Waals surface area (Å²) in [6.45, 7) is 2.39. The first kappa shape index (κ1) is 12.4. The van der Waals surface area contributed by atoms with Crippen LogP contribution in [0, 0.1) is 0 Å². The van der Waals surface area contributed by atoms with Gasteiger partial charge in [0.2, 0.25) is 0 Å². The summed E-state index contributed by atoms with van der Waals surface area (Å²) in [6, 6.07) is 6.76. The first-order valence-electron chi connectivity index (χ1n) is 5.36. The Balaban J connectivity index is 2.21. The van der Waals surface area contributed by atoms with Crippen molar-refractivity contribution in [1.82, 2.24) is 10.2 Å². The minimum absolute atomic E-state index is 0.0873. The zero-order valence-corrected chi connectivity index (χ0v) is 10.6. The van der Waals surface area contributed by atoms with Gasteiger partial charge in [-0.3, -0.25) is 9.82 Å². The van der Waals surface area contributed by atoms with Gasteiger partial charge >= 0.3 is 0 Å². The van der Waals surface area contributed by atoms with Gasteiger partial charge < -0.3 is 4.74 Å². The summed E-state index contributed by atoms with van der Waals surface area (Å²) in [7, 11) is -3.60. The summed E-state index contributed by atoms with van der Waals surface area (Å²) >= 11 is 0. The highest BCUT2D eigenvalue weighted by Gasteiger charge is 2.15. The molecule has 0 bridgehead atoms. The second-order valence-electron chi connectivity index (χ2n) is 3.50. The van der Waals surface area contributed by atoms with Gasteiger partial charge in [-0.15, -0.1) is 0 Å². The molecule has 1 aromatic carbocycles. The Labute approximate surface area is 105 Å². The summed E-state index contributed by atoms with van der Waals surface area (Å²) in [5.74, 6) is 0.616. The fourth-order valence-corrected chi connectivity index (χ4v) is 2.37. The lowest BCUT2D eigenvalue weighted by molar-refractivity contribution is 0.340. The van der Waals surface area contributed by atoms with E-state index in [2.05, 4.69) is 14.9 Å². The Morgan fingerprint density at radius 3 is 2.94 bits per heavy atom. The molecule has 0 fully saturated rings. The van der Waals surface area contributed by atoms with Crippen LogP contribution in [-0.4, -0.2) is 25.2 Å². The van der Waals surface area contributed by atoms with Crippen molar-refractivity contribution in [1.29, 1.82) is 0 Å². The summed E-state index contributed by atoms with van der Waals surface area (Å²) in [5, 5.41) is 6.07. The lowest BCUT2D eigenvalue weighted by Gasteiger charge is -2.08. The van der Waals surface area contributed by atoms with Gasteiger partial charge in [0.1, 0.15) is 10.6 Å². The average molecular weight is 267 g/mol. The molecule has 2 N–H and O–H groups in total. The summed E-state index contributed by atoms with van der Waals surface area (Å²) in [5.41, 5.74) is 0.446. The Morgan fingerprint density at radius 1 is 1.44 bits per heavy atom. The fraction of sp³-hybridized carbons (Fsp3) is 0.182. The second-order valence-corrected chi connectivity index (χ2v) is 5.18. The van der Waals surface area contributed by atoms with Crippen LogP contribution in [0.25, 0.3) is 0 Å². The van der Waals surface area contributed by atoms with Crippen molar-refractivity contribution in [3.8, 4) is 5.75 Å². The molecule has 0 unspecified atom stereocenters. The highest BCUT2D eigenvalue weighted by Crippen LogP contribution is 2.20. The van der Waals surface area contributed by atoms with E-state index in [4.69, 9.17) is 4.74 Å². The maximum absolute atomic E-state index is 11.9. The Hall–Kier alpha value is -2.02. The minimum Gasteiger partial charge on any atom is -0.494 e. The number of sulfonamides is 1. The molecule has 0 saturated carbocycles. The molecular weight excluding hydrogens is 254 g/mol. The first-order valence-corrected chi connectivity index (χ1v) is 6.84. The Bertz CT molecular complexity index is 608. The van der Waals surface area contributed by atoms with Crippen LogP contribution in [0.3, 0.4) is 0 Å². The summed E-state index contributed by atoms with van der Waals surface area (Å²) in [6.07, 6.45) is 2.56. The molecule has 0 aliphatic rings. The maximum Gasteiger partial charge on any atom is 0.265 e. The SMILES string of the molecule is CCOc1cccc(NS(=O)(=O)c2cn[nH]c2)c1. The van der Waals surface area contributed by atoms with Crippen LogP contribution in [0.15, 0.2) is 41.6 Å². The van der Waals surface area contributed by atoms with E-state index in [1.165, 1.54) is 12.4 Å². The monoisotopic (exact) mass is 267 g/mol. The number of ether oxygens (including phenoxy) is 1. The zero-order chi connectivity index (χ0) is 13.0. The number of rotatable bonds is 5. The molecule has 1 heterocycles. The third-order valence-corrected chi connectivity index (χ3v) is 3.53. The van der Waals surface area contributed by atoms with Gasteiger partial charge in [0, 0.05) is 12.3 Å². The van der Waals surface area contributed by atoms with Gasteiger partial charge in [-0.1, -0.05) is 6.07 Å². The standard InChI is InChI=1S/C11H13N3O3S/c1-2-17-10-5-3-4-9(6-10)14-18(15,16)11-7-12-13-8-11/h3-8,14H,2H2,1H3,(H,12,13). The molecule has 0 aliphatic carbocycles. The number of H-pyrrole nitrogens is 1. The number of anilines is 1. The minimum atomic E-state index is -3.60. The first-order chi connectivity index (χ1) is 8.62.